The van der Waals surface area contributed by atoms with E-state index in [0.29, 0.717) is 19.4 Å². The van der Waals surface area contributed by atoms with Crippen molar-refractivity contribution in [1.29, 1.82) is 0 Å². The van der Waals surface area contributed by atoms with Crippen LogP contribution in [-0.2, 0) is 25.6 Å². The Bertz CT molecular complexity index is 804. The number of hydrogen-bond acceptors (Lipinski definition) is 7. The molecule has 0 fully saturated rings. The molecule has 3 amide bonds. The number of rotatable bonds is 15. The van der Waals surface area contributed by atoms with Gasteiger partial charge in [-0.1, -0.05) is 50.6 Å². The Morgan fingerprint density at radius 1 is 0.912 bits per heavy atom. The first-order valence-electron chi connectivity index (χ1n) is 11.3. The predicted octanol–water partition coefficient (Wildman–Crippen LogP) is -1.13. The van der Waals surface area contributed by atoms with Gasteiger partial charge >= 0.3 is 5.97 Å². The first kappa shape index (κ1) is 29.0. The molecule has 11 heteroatoms. The lowest BCUT2D eigenvalue weighted by Crippen LogP contribution is -2.59. The molecular formula is C23H37N5O6. The minimum absolute atomic E-state index is 0.161. The molecule has 0 aliphatic rings. The predicted molar refractivity (Wildman–Crippen MR) is 126 cm³/mol. The van der Waals surface area contributed by atoms with Gasteiger partial charge < -0.3 is 37.6 Å². The number of unbranched alkanes of at least 4 members (excludes halogenated alkanes) is 1. The van der Waals surface area contributed by atoms with Gasteiger partial charge in [0.05, 0.1) is 12.6 Å². The summed E-state index contributed by atoms with van der Waals surface area (Å²) in [6.45, 7) is 3.05. The highest BCUT2D eigenvalue weighted by atomic mass is 16.4. The molecule has 0 aromatic heterocycles. The molecule has 34 heavy (non-hydrogen) atoms. The molecule has 0 spiro atoms. The van der Waals surface area contributed by atoms with Crippen LogP contribution in [0.3, 0.4) is 0 Å². The molecule has 0 saturated heterocycles. The van der Waals surface area contributed by atoms with Crippen molar-refractivity contribution in [2.75, 3.05) is 13.2 Å². The second-order valence-corrected chi connectivity index (χ2v) is 8.45. The number of carbonyl (C=O) groups is 4. The van der Waals surface area contributed by atoms with Crippen LogP contribution in [0.2, 0.25) is 0 Å². The number of nitrogens with two attached hydrogens (primary N) is 2. The number of carbonyl (C=O) groups excluding carboxylic acids is 3. The molecule has 0 saturated carbocycles. The molecule has 0 radical (unpaired) electrons. The number of aliphatic hydroxyl groups is 1. The largest absolute Gasteiger partial charge is 0.480 e. The number of aliphatic hydroxyl groups excluding tert-OH is 1. The highest BCUT2D eigenvalue weighted by molar-refractivity contribution is 5.94. The molecule has 1 aromatic rings. The zero-order valence-corrected chi connectivity index (χ0v) is 19.7. The molecule has 4 atom stereocenters. The number of benzene rings is 1. The smallest absolute Gasteiger partial charge is 0.328 e. The first-order valence-corrected chi connectivity index (χ1v) is 11.3. The molecule has 0 heterocycles. The molecule has 4 unspecified atom stereocenters. The van der Waals surface area contributed by atoms with Crippen LogP contribution in [0.5, 0.6) is 0 Å². The zero-order valence-electron chi connectivity index (χ0n) is 19.7. The normalized spacial score (nSPS) is 14.5. The van der Waals surface area contributed by atoms with E-state index in [2.05, 4.69) is 16.0 Å². The van der Waals surface area contributed by atoms with Crippen molar-refractivity contribution >= 4 is 23.7 Å². The molecule has 0 bridgehead atoms. The number of aliphatic carboxylic acids is 1. The summed E-state index contributed by atoms with van der Waals surface area (Å²) >= 11 is 0. The molecule has 1 aromatic carbocycles. The van der Waals surface area contributed by atoms with Crippen LogP contribution < -0.4 is 27.4 Å². The van der Waals surface area contributed by atoms with Crippen LogP contribution in [0.4, 0.5) is 0 Å². The lowest BCUT2D eigenvalue weighted by molar-refractivity contribution is -0.143. The van der Waals surface area contributed by atoms with Gasteiger partial charge in [0.2, 0.25) is 17.7 Å². The van der Waals surface area contributed by atoms with E-state index in [1.807, 2.05) is 6.07 Å². The third kappa shape index (κ3) is 9.86. The number of nitrogens with one attached hydrogen (secondary N) is 3. The summed E-state index contributed by atoms with van der Waals surface area (Å²) in [4.78, 5) is 49.6. The maximum Gasteiger partial charge on any atom is 0.328 e. The molecule has 1 rings (SSSR count). The van der Waals surface area contributed by atoms with Gasteiger partial charge in [-0.2, -0.15) is 0 Å². The molecule has 11 nitrogen and oxygen atoms in total. The molecule has 0 aliphatic heterocycles. The standard InChI is InChI=1S/C23H37N5O6/c1-14(2)19(22(32)27-18(13-29)23(33)34)28-21(31)17(12-15-8-4-3-5-9-15)26-20(30)16(25)10-6-7-11-24/h3-5,8-9,14,16-19,29H,6-7,10-13,24-25H2,1-2H3,(H,26,30)(H,27,32)(H,28,31)(H,33,34). The fourth-order valence-corrected chi connectivity index (χ4v) is 3.21. The van der Waals surface area contributed by atoms with Gasteiger partial charge in [-0.3, -0.25) is 14.4 Å². The summed E-state index contributed by atoms with van der Waals surface area (Å²) in [5, 5.41) is 25.7. The monoisotopic (exact) mass is 479 g/mol. The van der Waals surface area contributed by atoms with E-state index in [0.717, 1.165) is 12.0 Å². The Hall–Kier alpha value is -3.02. The Morgan fingerprint density at radius 3 is 2.06 bits per heavy atom. The van der Waals surface area contributed by atoms with Gasteiger partial charge in [-0.05, 0) is 30.9 Å². The second-order valence-electron chi connectivity index (χ2n) is 8.45. The third-order valence-corrected chi connectivity index (χ3v) is 5.27. The number of carboxylic acid groups (broad SMARTS) is 1. The maximum atomic E-state index is 13.1. The highest BCUT2D eigenvalue weighted by Gasteiger charge is 2.31. The third-order valence-electron chi connectivity index (χ3n) is 5.27. The van der Waals surface area contributed by atoms with Gasteiger partial charge in [0, 0.05) is 6.42 Å². The van der Waals surface area contributed by atoms with Crippen molar-refractivity contribution in [2.45, 2.75) is 63.7 Å². The van der Waals surface area contributed by atoms with E-state index in [9.17, 15) is 24.3 Å². The number of carboxylic acids is 1. The van der Waals surface area contributed by atoms with Crippen molar-refractivity contribution in [3.63, 3.8) is 0 Å². The Kier molecular flexibility index (Phi) is 12.8. The van der Waals surface area contributed by atoms with E-state index in [1.54, 1.807) is 38.1 Å². The molecular weight excluding hydrogens is 442 g/mol. The van der Waals surface area contributed by atoms with E-state index >= 15 is 0 Å². The lowest BCUT2D eigenvalue weighted by Gasteiger charge is -2.27. The average Bonchev–Trinajstić information content (AvgIpc) is 2.80. The summed E-state index contributed by atoms with van der Waals surface area (Å²) < 4.78 is 0. The van der Waals surface area contributed by atoms with Crippen molar-refractivity contribution < 1.29 is 29.4 Å². The van der Waals surface area contributed by atoms with Crippen LogP contribution in [0.1, 0.15) is 38.7 Å². The van der Waals surface area contributed by atoms with Crippen molar-refractivity contribution in [3.05, 3.63) is 35.9 Å². The van der Waals surface area contributed by atoms with E-state index in [1.165, 1.54) is 0 Å². The fourth-order valence-electron chi connectivity index (χ4n) is 3.21. The minimum atomic E-state index is -1.50. The summed E-state index contributed by atoms with van der Waals surface area (Å²) in [7, 11) is 0. The maximum absolute atomic E-state index is 13.1. The Labute approximate surface area is 199 Å². The van der Waals surface area contributed by atoms with Crippen LogP contribution in [0.25, 0.3) is 0 Å². The van der Waals surface area contributed by atoms with Crippen LogP contribution in [-0.4, -0.2) is 71.2 Å². The topological polar surface area (TPSA) is 197 Å². The number of amides is 3. The van der Waals surface area contributed by atoms with E-state index in [-0.39, 0.29) is 6.42 Å². The molecule has 190 valence electrons. The molecule has 0 aliphatic carbocycles. The van der Waals surface area contributed by atoms with Crippen molar-refractivity contribution in [1.82, 2.24) is 16.0 Å². The summed E-state index contributed by atoms with van der Waals surface area (Å²) in [5.41, 5.74) is 12.2. The number of hydrogen-bond donors (Lipinski definition) is 7. The SMILES string of the molecule is CC(C)C(NC(=O)C(Cc1ccccc1)NC(=O)C(N)CCCCN)C(=O)NC(CO)C(=O)O. The average molecular weight is 480 g/mol. The quantitative estimate of drug-likeness (QED) is 0.153. The van der Waals surface area contributed by atoms with Gasteiger partial charge in [-0.25, -0.2) is 4.79 Å². The van der Waals surface area contributed by atoms with E-state index in [4.69, 9.17) is 16.6 Å². The highest BCUT2D eigenvalue weighted by Crippen LogP contribution is 2.08. The van der Waals surface area contributed by atoms with Crippen molar-refractivity contribution in [2.24, 2.45) is 17.4 Å². The second kappa shape index (κ2) is 15.0. The van der Waals surface area contributed by atoms with Crippen molar-refractivity contribution in [3.8, 4) is 0 Å². The first-order chi connectivity index (χ1) is 16.1. The van der Waals surface area contributed by atoms with E-state index < -0.39 is 60.4 Å². The summed E-state index contributed by atoms with van der Waals surface area (Å²) in [6.07, 6.45) is 1.98. The van der Waals surface area contributed by atoms with Crippen LogP contribution in [0, 0.1) is 5.92 Å². The Morgan fingerprint density at radius 2 is 1.53 bits per heavy atom. The van der Waals surface area contributed by atoms with Gasteiger partial charge in [0.15, 0.2) is 0 Å². The molecule has 9 N–H and O–H groups in total. The van der Waals surface area contributed by atoms with Crippen LogP contribution in [0.15, 0.2) is 30.3 Å². The minimum Gasteiger partial charge on any atom is -0.480 e. The van der Waals surface area contributed by atoms with Gasteiger partial charge in [0.25, 0.3) is 0 Å². The lowest BCUT2D eigenvalue weighted by atomic mass is 10.00. The summed E-state index contributed by atoms with van der Waals surface area (Å²) in [5.74, 6) is -3.67. The van der Waals surface area contributed by atoms with Gasteiger partial charge in [0.1, 0.15) is 18.1 Å². The van der Waals surface area contributed by atoms with Gasteiger partial charge in [-0.15, -0.1) is 0 Å². The zero-order chi connectivity index (χ0) is 25.7. The fraction of sp³-hybridized carbons (Fsp3) is 0.565. The Balaban J connectivity index is 3.00. The summed E-state index contributed by atoms with van der Waals surface area (Å²) in [6, 6.07) is 4.61. The van der Waals surface area contributed by atoms with Crippen LogP contribution >= 0.6 is 0 Å².